The minimum Gasteiger partial charge on any atom is -0.488 e. The van der Waals surface area contributed by atoms with Crippen molar-refractivity contribution in [3.63, 3.8) is 0 Å². The number of hydrogen-bond acceptors (Lipinski definition) is 2. The Balaban J connectivity index is 1.62. The molecule has 0 unspecified atom stereocenters. The number of furan rings is 1. The second-order valence-corrected chi connectivity index (χ2v) is 6.80. The summed E-state index contributed by atoms with van der Waals surface area (Å²) in [6, 6.07) is 17.7. The summed E-state index contributed by atoms with van der Waals surface area (Å²) < 4.78 is 12.4. The summed E-state index contributed by atoms with van der Waals surface area (Å²) in [5.74, 6) is 1.86. The summed E-state index contributed by atoms with van der Waals surface area (Å²) in [4.78, 5) is 0. The quantitative estimate of drug-likeness (QED) is 0.624. The molecule has 0 radical (unpaired) electrons. The highest BCUT2D eigenvalue weighted by Gasteiger charge is 2.08. The van der Waals surface area contributed by atoms with E-state index in [1.807, 2.05) is 48.5 Å². The number of ether oxygens (including phenoxy) is 1. The van der Waals surface area contributed by atoms with Gasteiger partial charge >= 0.3 is 0 Å². The Morgan fingerprint density at radius 1 is 1.04 bits per heavy atom. The van der Waals surface area contributed by atoms with Crippen molar-refractivity contribution < 1.29 is 14.5 Å². The molecule has 0 aliphatic rings. The smallest absolute Gasteiger partial charge is 0.157 e. The molecule has 1 heterocycles. The molecule has 0 aliphatic carbocycles. The third kappa shape index (κ3) is 4.87. The van der Waals surface area contributed by atoms with Crippen LogP contribution in [0.4, 0.5) is 0 Å². The van der Waals surface area contributed by atoms with Gasteiger partial charge in [-0.15, -0.1) is 0 Å². The van der Waals surface area contributed by atoms with E-state index in [4.69, 9.17) is 20.8 Å². The van der Waals surface area contributed by atoms with Crippen molar-refractivity contribution >= 4 is 27.5 Å². The van der Waals surface area contributed by atoms with E-state index in [2.05, 4.69) is 27.3 Å². The molecule has 0 saturated carbocycles. The van der Waals surface area contributed by atoms with E-state index >= 15 is 0 Å². The van der Waals surface area contributed by atoms with Crippen LogP contribution in [-0.2, 0) is 19.7 Å². The Morgan fingerprint density at radius 3 is 2.62 bits per heavy atom. The lowest BCUT2D eigenvalue weighted by molar-refractivity contribution is -0.688. The fourth-order valence-electron chi connectivity index (χ4n) is 2.39. The first-order valence-electron chi connectivity index (χ1n) is 7.70. The normalized spacial score (nSPS) is 10.8. The average Bonchev–Trinajstić information content (AvgIpc) is 3.09. The first-order valence-corrected chi connectivity index (χ1v) is 8.87. The van der Waals surface area contributed by atoms with Crippen LogP contribution in [-0.4, -0.2) is 0 Å². The molecule has 124 valence electrons. The van der Waals surface area contributed by atoms with Crippen LogP contribution in [0.25, 0.3) is 0 Å². The maximum absolute atomic E-state index is 6.00. The van der Waals surface area contributed by atoms with Gasteiger partial charge in [0.25, 0.3) is 0 Å². The third-order valence-electron chi connectivity index (χ3n) is 3.62. The fourth-order valence-corrected chi connectivity index (χ4v) is 2.92. The molecule has 2 aromatic carbocycles. The summed E-state index contributed by atoms with van der Waals surface area (Å²) >= 11 is 9.44. The molecule has 0 fully saturated rings. The number of nitrogens with two attached hydrogens (primary N) is 1. The molecule has 0 saturated heterocycles. The van der Waals surface area contributed by atoms with Crippen molar-refractivity contribution in [2.45, 2.75) is 19.7 Å². The number of hydrogen-bond donors (Lipinski definition) is 1. The first-order chi connectivity index (χ1) is 11.7. The molecule has 0 aliphatic heterocycles. The van der Waals surface area contributed by atoms with E-state index in [-0.39, 0.29) is 0 Å². The number of benzene rings is 2. The van der Waals surface area contributed by atoms with Crippen LogP contribution in [0.5, 0.6) is 5.75 Å². The zero-order chi connectivity index (χ0) is 16.8. The van der Waals surface area contributed by atoms with E-state index in [0.717, 1.165) is 45.2 Å². The highest BCUT2D eigenvalue weighted by Crippen LogP contribution is 2.23. The van der Waals surface area contributed by atoms with Gasteiger partial charge in [-0.3, -0.25) is 0 Å². The molecule has 0 spiro atoms. The monoisotopic (exact) mass is 406 g/mol. The van der Waals surface area contributed by atoms with Gasteiger partial charge in [0.05, 0.1) is 6.26 Å². The van der Waals surface area contributed by atoms with Crippen LogP contribution in [0.15, 0.2) is 69.8 Å². The van der Waals surface area contributed by atoms with Gasteiger partial charge in [-0.2, -0.15) is 0 Å². The summed E-state index contributed by atoms with van der Waals surface area (Å²) in [5.41, 5.74) is 2.23. The third-order valence-corrected chi connectivity index (χ3v) is 4.37. The van der Waals surface area contributed by atoms with Crippen molar-refractivity contribution in [2.24, 2.45) is 0 Å². The van der Waals surface area contributed by atoms with Gasteiger partial charge in [-0.25, -0.2) is 0 Å². The minimum atomic E-state index is 0.518. The second kappa shape index (κ2) is 8.38. The second-order valence-electron chi connectivity index (χ2n) is 5.44. The van der Waals surface area contributed by atoms with Gasteiger partial charge in [0, 0.05) is 15.1 Å². The molecular weight excluding hydrogens is 390 g/mol. The standard InChI is InChI=1S/C19H17BrClNO2/c20-16-5-8-19(24-13-14-3-6-17(21)7-4-14)15(10-16)11-22-12-18-2-1-9-23-18/h1-10,22H,11-13H2/p+1. The number of quaternary nitrogens is 1. The van der Waals surface area contributed by atoms with Crippen LogP contribution < -0.4 is 10.1 Å². The van der Waals surface area contributed by atoms with Gasteiger partial charge in [0.15, 0.2) is 5.76 Å². The summed E-state index contributed by atoms with van der Waals surface area (Å²) in [6.07, 6.45) is 1.70. The van der Waals surface area contributed by atoms with Gasteiger partial charge in [0.1, 0.15) is 25.4 Å². The molecule has 0 atom stereocenters. The van der Waals surface area contributed by atoms with Gasteiger partial charge < -0.3 is 14.5 Å². The summed E-state index contributed by atoms with van der Waals surface area (Å²) in [5, 5.41) is 2.92. The largest absolute Gasteiger partial charge is 0.488 e. The SMILES string of the molecule is Clc1ccc(COc2ccc(Br)cc2C[NH2+]Cc2ccco2)cc1. The Bertz CT molecular complexity index is 773. The molecule has 24 heavy (non-hydrogen) atoms. The predicted octanol–water partition coefficient (Wildman–Crippen LogP) is 4.54. The molecule has 3 nitrogen and oxygen atoms in total. The molecule has 5 heteroatoms. The topological polar surface area (TPSA) is 39.0 Å². The first kappa shape index (κ1) is 17.1. The molecule has 2 N–H and O–H groups in total. The summed E-state index contributed by atoms with van der Waals surface area (Å²) in [6.45, 7) is 2.14. The van der Waals surface area contributed by atoms with E-state index in [9.17, 15) is 0 Å². The lowest BCUT2D eigenvalue weighted by atomic mass is 10.2. The number of halogens is 2. The highest BCUT2D eigenvalue weighted by atomic mass is 79.9. The van der Waals surface area contributed by atoms with Gasteiger partial charge in [0.2, 0.25) is 0 Å². The number of rotatable bonds is 7. The molecule has 3 aromatic rings. The van der Waals surface area contributed by atoms with Crippen molar-refractivity contribution in [3.05, 3.63) is 87.2 Å². The Hall–Kier alpha value is -1.75. The lowest BCUT2D eigenvalue weighted by Gasteiger charge is -2.11. The predicted molar refractivity (Wildman–Crippen MR) is 98.0 cm³/mol. The highest BCUT2D eigenvalue weighted by molar-refractivity contribution is 9.10. The summed E-state index contributed by atoms with van der Waals surface area (Å²) in [7, 11) is 0. The minimum absolute atomic E-state index is 0.518. The van der Waals surface area contributed by atoms with E-state index in [1.165, 1.54) is 0 Å². The van der Waals surface area contributed by atoms with Crippen LogP contribution in [0.3, 0.4) is 0 Å². The Morgan fingerprint density at radius 2 is 1.88 bits per heavy atom. The molecular formula is C19H18BrClNO2+. The molecule has 0 amide bonds. The Labute approximate surface area is 154 Å². The van der Waals surface area contributed by atoms with Crippen LogP contribution in [0.2, 0.25) is 5.02 Å². The van der Waals surface area contributed by atoms with Gasteiger partial charge in [-0.1, -0.05) is 39.7 Å². The van der Waals surface area contributed by atoms with Gasteiger partial charge in [-0.05, 0) is 48.0 Å². The fraction of sp³-hybridized carbons (Fsp3) is 0.158. The van der Waals surface area contributed by atoms with E-state index in [1.54, 1.807) is 6.26 Å². The lowest BCUT2D eigenvalue weighted by Crippen LogP contribution is -2.80. The van der Waals surface area contributed by atoms with Crippen LogP contribution in [0, 0.1) is 0 Å². The molecule has 0 bridgehead atoms. The molecule has 3 rings (SSSR count). The zero-order valence-electron chi connectivity index (χ0n) is 13.0. The average molecular weight is 408 g/mol. The van der Waals surface area contributed by atoms with Crippen molar-refractivity contribution in [2.75, 3.05) is 0 Å². The van der Waals surface area contributed by atoms with Crippen molar-refractivity contribution in [3.8, 4) is 5.75 Å². The van der Waals surface area contributed by atoms with Crippen LogP contribution in [0.1, 0.15) is 16.9 Å². The molecule has 1 aromatic heterocycles. The van der Waals surface area contributed by atoms with E-state index in [0.29, 0.717) is 6.61 Å². The maximum atomic E-state index is 6.00. The van der Waals surface area contributed by atoms with Crippen LogP contribution >= 0.6 is 27.5 Å². The maximum Gasteiger partial charge on any atom is 0.157 e. The van der Waals surface area contributed by atoms with E-state index < -0.39 is 0 Å². The zero-order valence-corrected chi connectivity index (χ0v) is 15.4. The van der Waals surface area contributed by atoms with Crippen molar-refractivity contribution in [1.29, 1.82) is 0 Å². The van der Waals surface area contributed by atoms with Crippen molar-refractivity contribution in [1.82, 2.24) is 0 Å². The Kier molecular flexibility index (Phi) is 5.96.